The number of nitrogens with zero attached hydrogens (tertiary/aromatic N) is 5. The van der Waals surface area contributed by atoms with Gasteiger partial charge in [0.15, 0.2) is 0 Å². The van der Waals surface area contributed by atoms with E-state index in [1.54, 1.807) is 5.41 Å². The monoisotopic (exact) mass is 638 g/mol. The fraction of sp³-hybridized carbons (Fsp3) is 0.480. The van der Waals surface area contributed by atoms with Gasteiger partial charge in [0.1, 0.15) is 11.9 Å². The number of piperazine rings is 1. The van der Waals surface area contributed by atoms with Crippen LogP contribution in [-0.2, 0) is 4.74 Å². The normalized spacial score (nSPS) is 16.8. The minimum Gasteiger partial charge on any atom is -0.434 e. The SMILES string of the molecule is C=N/C(=C\SCNc1ccc(C(=O)N2CCN(C(=O)OC(C)(C)C(F)(F)F)CC2C(F)(F)F)cn1)c1sc(C)nc1C. The molecule has 2 amide bonds. The molecule has 0 bridgehead atoms. The molecule has 17 heteroatoms. The largest absolute Gasteiger partial charge is 0.434 e. The van der Waals surface area contributed by atoms with Crippen LogP contribution < -0.4 is 5.32 Å². The third kappa shape index (κ3) is 7.93. The molecule has 1 N–H and O–H groups in total. The third-order valence-electron chi connectivity index (χ3n) is 6.15. The van der Waals surface area contributed by atoms with Crippen molar-refractivity contribution in [2.24, 2.45) is 4.99 Å². The number of hydrogen-bond donors (Lipinski definition) is 1. The summed E-state index contributed by atoms with van der Waals surface area (Å²) in [6, 6.07) is 0.272. The van der Waals surface area contributed by atoms with Crippen molar-refractivity contribution in [2.45, 2.75) is 51.7 Å². The summed E-state index contributed by atoms with van der Waals surface area (Å²) < 4.78 is 85.3. The number of aliphatic imine (C=N–C) groups is 1. The van der Waals surface area contributed by atoms with Gasteiger partial charge in [0.2, 0.25) is 5.60 Å². The van der Waals surface area contributed by atoms with E-state index in [9.17, 15) is 35.9 Å². The number of aromatic nitrogens is 2. The van der Waals surface area contributed by atoms with Crippen LogP contribution in [0.15, 0.2) is 28.7 Å². The summed E-state index contributed by atoms with van der Waals surface area (Å²) >= 11 is 2.86. The molecule has 2 aromatic rings. The summed E-state index contributed by atoms with van der Waals surface area (Å²) in [4.78, 5) is 39.7. The first-order chi connectivity index (χ1) is 19.4. The zero-order valence-corrected chi connectivity index (χ0v) is 24.6. The highest BCUT2D eigenvalue weighted by Gasteiger charge is 2.53. The number of ether oxygens (including phenoxy) is 1. The van der Waals surface area contributed by atoms with Crippen molar-refractivity contribution < 1.29 is 40.7 Å². The molecule has 1 saturated heterocycles. The number of nitrogens with one attached hydrogen (secondary N) is 1. The predicted octanol–water partition coefficient (Wildman–Crippen LogP) is 6.12. The summed E-state index contributed by atoms with van der Waals surface area (Å²) in [6.45, 7) is 6.42. The van der Waals surface area contributed by atoms with E-state index in [0.29, 0.717) is 41.0 Å². The van der Waals surface area contributed by atoms with Crippen LogP contribution in [0.4, 0.5) is 37.0 Å². The zero-order valence-electron chi connectivity index (χ0n) is 23.0. The van der Waals surface area contributed by atoms with E-state index in [2.05, 4.69) is 31.7 Å². The van der Waals surface area contributed by atoms with Crippen molar-refractivity contribution in [3.63, 3.8) is 0 Å². The Hall–Kier alpha value is -3.34. The Morgan fingerprint density at radius 2 is 1.90 bits per heavy atom. The average molecular weight is 639 g/mol. The second kappa shape index (κ2) is 12.9. The van der Waals surface area contributed by atoms with Crippen LogP contribution in [0.25, 0.3) is 5.70 Å². The number of carbonyl (C=O) groups is 2. The number of thioether (sulfide) groups is 1. The van der Waals surface area contributed by atoms with Gasteiger partial charge < -0.3 is 19.9 Å². The van der Waals surface area contributed by atoms with Gasteiger partial charge in [-0.1, -0.05) is 0 Å². The zero-order chi connectivity index (χ0) is 31.5. The van der Waals surface area contributed by atoms with Gasteiger partial charge in [0, 0.05) is 19.3 Å². The van der Waals surface area contributed by atoms with Gasteiger partial charge in [-0.05, 0) is 52.0 Å². The van der Waals surface area contributed by atoms with E-state index in [4.69, 9.17) is 0 Å². The Labute approximate surface area is 246 Å². The fourth-order valence-electron chi connectivity index (χ4n) is 3.77. The number of thiazole rings is 1. The van der Waals surface area contributed by atoms with Crippen molar-refractivity contribution in [1.82, 2.24) is 19.8 Å². The molecule has 0 radical (unpaired) electrons. The highest BCUT2D eigenvalue weighted by molar-refractivity contribution is 8.02. The number of pyridine rings is 1. The quantitative estimate of drug-likeness (QED) is 0.161. The van der Waals surface area contributed by atoms with Crippen LogP contribution in [0.3, 0.4) is 0 Å². The summed E-state index contributed by atoms with van der Waals surface area (Å²) in [7, 11) is 0. The highest BCUT2D eigenvalue weighted by atomic mass is 32.2. The molecule has 1 fully saturated rings. The van der Waals surface area contributed by atoms with Gasteiger partial charge in [-0.2, -0.15) is 26.3 Å². The molecule has 1 atom stereocenters. The Morgan fingerprint density at radius 3 is 2.43 bits per heavy atom. The van der Waals surface area contributed by atoms with Gasteiger partial charge in [-0.3, -0.25) is 9.79 Å². The number of anilines is 1. The molecule has 3 heterocycles. The number of halogens is 6. The molecular formula is C25H28F6N6O3S2. The Morgan fingerprint density at radius 1 is 1.21 bits per heavy atom. The third-order valence-corrected chi connectivity index (χ3v) is 7.95. The van der Waals surface area contributed by atoms with E-state index in [0.717, 1.165) is 21.8 Å². The van der Waals surface area contributed by atoms with Crippen LogP contribution >= 0.6 is 23.1 Å². The maximum absolute atomic E-state index is 13.9. The lowest BCUT2D eigenvalue weighted by molar-refractivity contribution is -0.247. The van der Waals surface area contributed by atoms with Gasteiger partial charge in [-0.25, -0.2) is 14.8 Å². The number of rotatable bonds is 8. The number of aryl methyl sites for hydroxylation is 2. The highest BCUT2D eigenvalue weighted by Crippen LogP contribution is 2.35. The molecule has 3 rings (SSSR count). The molecular weight excluding hydrogens is 610 g/mol. The standard InChI is InChI=1S/C25H28F6N6O3S2/c1-14-20(42-15(2)35-14)17(32-5)12-41-13-34-19-7-6-16(10-33-19)21(38)37-9-8-36(11-18(37)24(26,27)28)22(39)40-23(3,4)25(29,30)31/h6-7,10,12,18H,5,8-9,11,13H2,1-4H3,(H,33,34)/b17-12-. The Kier molecular flexibility index (Phi) is 10.2. The molecule has 1 unspecified atom stereocenters. The van der Waals surface area contributed by atoms with Crippen LogP contribution in [0.2, 0.25) is 0 Å². The number of carbonyl (C=O) groups excluding carboxylic acids is 2. The van der Waals surface area contributed by atoms with Crippen LogP contribution in [0.1, 0.15) is 39.8 Å². The summed E-state index contributed by atoms with van der Waals surface area (Å²) in [5.41, 5.74) is -1.54. The van der Waals surface area contributed by atoms with Gasteiger partial charge in [-0.15, -0.1) is 23.1 Å². The molecule has 42 heavy (non-hydrogen) atoms. The van der Waals surface area contributed by atoms with E-state index >= 15 is 0 Å². The molecule has 230 valence electrons. The fourth-order valence-corrected chi connectivity index (χ4v) is 5.41. The van der Waals surface area contributed by atoms with Crippen molar-refractivity contribution in [1.29, 1.82) is 0 Å². The van der Waals surface area contributed by atoms with Crippen LogP contribution in [-0.4, -0.2) is 88.0 Å². The lowest BCUT2D eigenvalue weighted by Gasteiger charge is -2.42. The summed E-state index contributed by atoms with van der Waals surface area (Å²) in [5, 5.41) is 5.71. The minimum atomic E-state index is -4.97. The molecule has 0 aromatic carbocycles. The molecule has 1 aliphatic rings. The minimum absolute atomic E-state index is 0.134. The topological polar surface area (TPSA) is 100 Å². The van der Waals surface area contributed by atoms with Crippen molar-refractivity contribution in [2.75, 3.05) is 30.8 Å². The Bertz CT molecular complexity index is 1330. The summed E-state index contributed by atoms with van der Waals surface area (Å²) in [6.07, 6.45) is -10.3. The van der Waals surface area contributed by atoms with E-state index in [1.165, 1.54) is 35.2 Å². The van der Waals surface area contributed by atoms with E-state index in [-0.39, 0.29) is 5.56 Å². The second-order valence-corrected chi connectivity index (χ2v) is 11.7. The lowest BCUT2D eigenvalue weighted by Crippen LogP contribution is -2.62. The van der Waals surface area contributed by atoms with Crippen molar-refractivity contribution in [3.8, 4) is 0 Å². The second-order valence-electron chi connectivity index (χ2n) is 9.61. The average Bonchev–Trinajstić information content (AvgIpc) is 3.24. The molecule has 0 saturated carbocycles. The Balaban J connectivity index is 1.63. The molecule has 9 nitrogen and oxygen atoms in total. The van der Waals surface area contributed by atoms with Gasteiger partial charge in [0.25, 0.3) is 5.91 Å². The number of amides is 2. The molecule has 2 aromatic heterocycles. The summed E-state index contributed by atoms with van der Waals surface area (Å²) in [5.74, 6) is -0.276. The number of alkyl halides is 6. The maximum Gasteiger partial charge on any atom is 0.427 e. The number of hydrogen-bond acceptors (Lipinski definition) is 9. The van der Waals surface area contributed by atoms with Crippen molar-refractivity contribution in [3.05, 3.63) is 44.9 Å². The molecule has 0 aliphatic carbocycles. The first kappa shape index (κ1) is 33.2. The van der Waals surface area contributed by atoms with Gasteiger partial charge in [0.05, 0.1) is 39.3 Å². The van der Waals surface area contributed by atoms with Gasteiger partial charge >= 0.3 is 18.4 Å². The van der Waals surface area contributed by atoms with Crippen LogP contribution in [0.5, 0.6) is 0 Å². The maximum atomic E-state index is 13.9. The van der Waals surface area contributed by atoms with Crippen LogP contribution in [0, 0.1) is 13.8 Å². The first-order valence-electron chi connectivity index (χ1n) is 12.3. The first-order valence-corrected chi connectivity index (χ1v) is 14.2. The molecule has 0 spiro atoms. The predicted molar refractivity (Wildman–Crippen MR) is 148 cm³/mol. The molecule has 1 aliphatic heterocycles. The van der Waals surface area contributed by atoms with E-state index < -0.39 is 55.6 Å². The van der Waals surface area contributed by atoms with E-state index in [1.807, 2.05) is 13.8 Å². The smallest absolute Gasteiger partial charge is 0.427 e. The lowest BCUT2D eigenvalue weighted by atomic mass is 10.1. The van der Waals surface area contributed by atoms with Crippen molar-refractivity contribution >= 4 is 53.3 Å².